The van der Waals surface area contributed by atoms with Gasteiger partial charge in [-0.3, -0.25) is 15.1 Å². The number of rotatable bonds is 14. The second-order valence-corrected chi connectivity index (χ2v) is 9.81. The number of hydrogen-bond donors (Lipinski definition) is 5. The van der Waals surface area contributed by atoms with Crippen molar-refractivity contribution in [1.29, 1.82) is 1.43 Å². The van der Waals surface area contributed by atoms with Gasteiger partial charge in [-0.25, -0.2) is 4.18 Å². The van der Waals surface area contributed by atoms with E-state index in [1.165, 1.54) is 0 Å². The molecule has 1 heterocycles. The molecular weight excluding hydrogens is 533 g/mol. The molecule has 0 aromatic heterocycles. The Bertz CT molecular complexity index is 949. The third kappa shape index (κ3) is 9.96. The first-order valence-corrected chi connectivity index (χ1v) is 12.8. The normalized spacial score (nSPS) is 27.3. The number of benzene rings is 1. The largest absolute Gasteiger partial charge is 0.493 e. The third-order valence-corrected chi connectivity index (χ3v) is 5.97. The van der Waals surface area contributed by atoms with Crippen molar-refractivity contribution in [3.8, 4) is 5.75 Å². The highest BCUT2D eigenvalue weighted by atomic mass is 35.5. The summed E-state index contributed by atoms with van der Waals surface area (Å²) < 4.78 is 53.2. The smallest absolute Gasteiger partial charge is 0.397 e. The topological polar surface area (TPSA) is 195 Å². The molecule has 35 heavy (non-hydrogen) atoms. The first-order chi connectivity index (χ1) is 16.9. The van der Waals surface area contributed by atoms with Crippen LogP contribution in [-0.4, -0.2) is 77.8 Å². The first kappa shape index (κ1) is 28.3. The second-order valence-electron chi connectivity index (χ2n) is 7.93. The van der Waals surface area contributed by atoms with Gasteiger partial charge in [-0.1, -0.05) is 42.5 Å². The van der Waals surface area contributed by atoms with Crippen molar-refractivity contribution in [3.63, 3.8) is 0 Å². The van der Waals surface area contributed by atoms with Crippen LogP contribution in [0.15, 0.2) is 18.2 Å². The Balaban J connectivity index is 1.78. The van der Waals surface area contributed by atoms with E-state index in [2.05, 4.69) is 8.74 Å². The van der Waals surface area contributed by atoms with Crippen LogP contribution in [0.1, 0.15) is 38.5 Å². The summed E-state index contributed by atoms with van der Waals surface area (Å²) in [5, 5.41) is 30.7. The maximum Gasteiger partial charge on any atom is 0.397 e. The molecule has 15 heteroatoms. The maximum atomic E-state index is 12.3. The van der Waals surface area contributed by atoms with Crippen molar-refractivity contribution >= 4 is 39.6 Å². The fourth-order valence-corrected chi connectivity index (χ4v) is 4.46. The van der Waals surface area contributed by atoms with Gasteiger partial charge in [0, 0.05) is 16.5 Å². The van der Waals surface area contributed by atoms with E-state index in [0.717, 1.165) is 19.3 Å². The minimum atomic E-state index is -4.92. The van der Waals surface area contributed by atoms with Gasteiger partial charge in [-0.2, -0.15) is 8.42 Å². The lowest BCUT2D eigenvalue weighted by Crippen LogP contribution is -2.70. The lowest BCUT2D eigenvalue weighted by atomic mass is 9.96. The van der Waals surface area contributed by atoms with Gasteiger partial charge in [0.25, 0.3) is 5.91 Å². The molecule has 2 rings (SSSR count). The van der Waals surface area contributed by atoms with Gasteiger partial charge >= 0.3 is 16.4 Å². The zero-order valence-corrected chi connectivity index (χ0v) is 20.9. The van der Waals surface area contributed by atoms with Crippen molar-refractivity contribution < 1.29 is 51.5 Å². The van der Waals surface area contributed by atoms with Crippen LogP contribution >= 0.6 is 23.2 Å². The van der Waals surface area contributed by atoms with Crippen LogP contribution in [0.25, 0.3) is 1.43 Å². The molecule has 200 valence electrons. The fourth-order valence-electron chi connectivity index (χ4n) is 3.45. The molecule has 0 aliphatic carbocycles. The quantitative estimate of drug-likeness (QED) is 0.0940. The van der Waals surface area contributed by atoms with Crippen LogP contribution in [0, 0.1) is 0 Å². The summed E-state index contributed by atoms with van der Waals surface area (Å²) in [5.41, 5.74) is 5.43. The summed E-state index contributed by atoms with van der Waals surface area (Å²) in [5.74, 6) is -3.04. The number of aliphatic hydroxyl groups is 3. The molecule has 12 nitrogen and oxygen atoms in total. The SMILES string of the molecule is [2H]OS(=O)(=O)O[C@H]1[C@H](OC(=O)CCCCCCCOc2cc(Cl)cc(Cl)c2)[C@@H](O)C(N)(O)O[C@@H]1CO. The van der Waals surface area contributed by atoms with E-state index < -0.39 is 53.3 Å². The fraction of sp³-hybridized carbons (Fsp3) is 0.650. The zero-order chi connectivity index (χ0) is 26.9. The van der Waals surface area contributed by atoms with Crippen LogP contribution in [0.3, 0.4) is 0 Å². The Kier molecular flexibility index (Phi) is 10.8. The molecule has 1 aromatic rings. The predicted molar refractivity (Wildman–Crippen MR) is 123 cm³/mol. The summed E-state index contributed by atoms with van der Waals surface area (Å²) >= 11 is 11.8. The Hall–Kier alpha value is -1.26. The van der Waals surface area contributed by atoms with E-state index in [0.29, 0.717) is 35.2 Å². The molecule has 0 amide bonds. The lowest BCUT2D eigenvalue weighted by Gasteiger charge is -2.45. The molecule has 1 aliphatic rings. The summed E-state index contributed by atoms with van der Waals surface area (Å²) in [7, 11) is -4.92. The van der Waals surface area contributed by atoms with E-state index in [4.69, 9.17) is 44.6 Å². The number of halogens is 2. The number of hydrogen-bond acceptors (Lipinski definition) is 12. The van der Waals surface area contributed by atoms with Gasteiger partial charge in [0.2, 0.25) is 1.43 Å². The van der Waals surface area contributed by atoms with Gasteiger partial charge < -0.3 is 29.5 Å². The minimum absolute atomic E-state index is 0.0944. The van der Waals surface area contributed by atoms with Crippen LogP contribution in [0.2, 0.25) is 10.0 Å². The van der Waals surface area contributed by atoms with Gasteiger partial charge in [-0.15, -0.1) is 0 Å². The monoisotopic (exact) mass is 562 g/mol. The Morgan fingerprint density at radius 3 is 2.40 bits per heavy atom. The summed E-state index contributed by atoms with van der Waals surface area (Å²) in [6, 6.07) is 4.92. The molecule has 0 radical (unpaired) electrons. The number of nitrogens with two attached hydrogens (primary N) is 1. The summed E-state index contributed by atoms with van der Waals surface area (Å²) in [6.45, 7) is -0.465. The van der Waals surface area contributed by atoms with E-state index in [1.54, 1.807) is 18.2 Å². The molecule has 1 unspecified atom stereocenters. The average molecular weight is 563 g/mol. The van der Waals surface area contributed by atoms with Crippen LogP contribution in [0.4, 0.5) is 0 Å². The molecule has 0 saturated carbocycles. The Morgan fingerprint density at radius 2 is 1.77 bits per heavy atom. The van der Waals surface area contributed by atoms with Gasteiger partial charge in [0.15, 0.2) is 12.2 Å². The van der Waals surface area contributed by atoms with E-state index >= 15 is 0 Å². The maximum absolute atomic E-state index is 12.3. The van der Waals surface area contributed by atoms with Crippen molar-refractivity contribution in [3.05, 3.63) is 28.2 Å². The highest BCUT2D eigenvalue weighted by Crippen LogP contribution is 2.30. The Morgan fingerprint density at radius 1 is 1.14 bits per heavy atom. The van der Waals surface area contributed by atoms with Crippen LogP contribution in [-0.2, 0) is 28.9 Å². The molecule has 0 spiro atoms. The molecule has 6 N–H and O–H groups in total. The number of unbranched alkanes of at least 4 members (excludes halogenated alkanes) is 4. The van der Waals surface area contributed by atoms with Crippen LogP contribution in [0.5, 0.6) is 5.75 Å². The molecule has 1 fully saturated rings. The Labute approximate surface area is 214 Å². The lowest BCUT2D eigenvalue weighted by molar-refractivity contribution is -0.344. The minimum Gasteiger partial charge on any atom is -0.493 e. The molecule has 1 aromatic carbocycles. The van der Waals surface area contributed by atoms with E-state index in [-0.39, 0.29) is 6.42 Å². The molecular formula is C20H29Cl2NO11S. The highest BCUT2D eigenvalue weighted by molar-refractivity contribution is 7.80. The molecule has 1 saturated heterocycles. The average Bonchev–Trinajstić information content (AvgIpc) is 2.79. The second kappa shape index (κ2) is 13.3. The molecule has 0 bridgehead atoms. The standard InChI is InChI=1S/C20H29Cl2NO11S/c21-12-8-13(22)10-14(9-12)31-7-5-3-1-2-4-6-16(25)32-18-17(34-35(28,29)30)15(11-24)33-20(23,27)19(18)26/h8-10,15,17-19,24,26-27H,1-7,11,23H2,(H,28,29,30)/t15-,17-,18+,19-,20?/m1/s1/i/hD. The van der Waals surface area contributed by atoms with Gasteiger partial charge in [0.05, 0.1) is 13.2 Å². The predicted octanol–water partition coefficient (Wildman–Crippen LogP) is 1.17. The van der Waals surface area contributed by atoms with Crippen LogP contribution < -0.4 is 10.5 Å². The van der Waals surface area contributed by atoms with Crippen molar-refractivity contribution in [1.82, 2.24) is 0 Å². The van der Waals surface area contributed by atoms with E-state index in [9.17, 15) is 28.5 Å². The summed E-state index contributed by atoms with van der Waals surface area (Å²) in [4.78, 5) is 12.3. The van der Waals surface area contributed by atoms with Crippen molar-refractivity contribution in [2.45, 2.75) is 68.9 Å². The van der Waals surface area contributed by atoms with E-state index in [1.807, 2.05) is 0 Å². The number of ether oxygens (including phenoxy) is 3. The summed E-state index contributed by atoms with van der Waals surface area (Å²) in [6.07, 6.45) is -4.11. The number of carbonyl (C=O) groups is 1. The number of carbonyl (C=O) groups excluding carboxylic acids is 1. The molecule has 1 aliphatic heterocycles. The van der Waals surface area contributed by atoms with Gasteiger partial charge in [-0.05, 0) is 31.0 Å². The van der Waals surface area contributed by atoms with Gasteiger partial charge in [0.1, 0.15) is 18.0 Å². The van der Waals surface area contributed by atoms with Crippen molar-refractivity contribution in [2.75, 3.05) is 13.2 Å². The first-order valence-electron chi connectivity index (χ1n) is 11.1. The van der Waals surface area contributed by atoms with Crippen molar-refractivity contribution in [2.24, 2.45) is 5.73 Å². The third-order valence-electron chi connectivity index (χ3n) is 5.07. The zero-order valence-electron chi connectivity index (χ0n) is 19.5. The number of esters is 1. The highest BCUT2D eigenvalue weighted by Gasteiger charge is 2.55. The molecule has 5 atom stereocenters. The number of aliphatic hydroxyl groups excluding tert-OH is 2.